The van der Waals surface area contributed by atoms with Crippen LogP contribution in [0.15, 0.2) is 72.8 Å². The summed E-state index contributed by atoms with van der Waals surface area (Å²) < 4.78 is 40.8. The van der Waals surface area contributed by atoms with E-state index in [1.54, 1.807) is 12.1 Å². The van der Waals surface area contributed by atoms with E-state index in [-0.39, 0.29) is 5.75 Å². The number of aryl methyl sites for hydroxylation is 1. The summed E-state index contributed by atoms with van der Waals surface area (Å²) in [4.78, 5) is 0. The quantitative estimate of drug-likeness (QED) is 0.294. The van der Waals surface area contributed by atoms with E-state index >= 15 is 0 Å². The van der Waals surface area contributed by atoms with Gasteiger partial charge in [0.1, 0.15) is 5.75 Å². The highest BCUT2D eigenvalue weighted by Gasteiger charge is 2.30. The molecule has 0 spiro atoms. The van der Waals surface area contributed by atoms with Crippen LogP contribution in [-0.4, -0.2) is 6.36 Å². The minimum atomic E-state index is -4.67. The van der Waals surface area contributed by atoms with Crippen molar-refractivity contribution in [1.82, 2.24) is 0 Å². The second-order valence-corrected chi connectivity index (χ2v) is 7.86. The SMILES string of the molecule is CCCCCCCCc1ccc(-c2ccc(-c3ccc(OC(F)(F)F)cc3)cc2)cc1. The first-order valence-electron chi connectivity index (χ1n) is 11.0. The molecule has 0 aromatic heterocycles. The van der Waals surface area contributed by atoms with E-state index in [2.05, 4.69) is 35.9 Å². The Morgan fingerprint density at radius 1 is 0.581 bits per heavy atom. The Bertz CT molecular complexity index is 911. The third-order valence-electron chi connectivity index (χ3n) is 5.41. The van der Waals surface area contributed by atoms with Gasteiger partial charge in [-0.3, -0.25) is 0 Å². The van der Waals surface area contributed by atoms with E-state index in [1.165, 1.54) is 56.2 Å². The van der Waals surface area contributed by atoms with Crippen molar-refractivity contribution in [2.45, 2.75) is 58.2 Å². The number of hydrogen-bond acceptors (Lipinski definition) is 1. The largest absolute Gasteiger partial charge is 0.573 e. The van der Waals surface area contributed by atoms with Crippen LogP contribution in [0.3, 0.4) is 0 Å². The molecule has 164 valence electrons. The lowest BCUT2D eigenvalue weighted by atomic mass is 9.98. The molecule has 0 aliphatic rings. The molecule has 3 rings (SSSR count). The Labute approximate surface area is 182 Å². The Hall–Kier alpha value is -2.75. The van der Waals surface area contributed by atoms with Crippen LogP contribution in [0.1, 0.15) is 51.0 Å². The predicted molar refractivity (Wildman–Crippen MR) is 121 cm³/mol. The molecule has 0 saturated carbocycles. The van der Waals surface area contributed by atoms with E-state index in [1.807, 2.05) is 24.3 Å². The van der Waals surface area contributed by atoms with Gasteiger partial charge in [-0.1, -0.05) is 99.7 Å². The first kappa shape index (κ1) is 22.9. The molecule has 4 heteroatoms. The number of alkyl halides is 3. The Kier molecular flexibility index (Phi) is 8.16. The Morgan fingerprint density at radius 3 is 1.48 bits per heavy atom. The molecule has 3 aromatic carbocycles. The molecule has 0 aliphatic carbocycles. The average Bonchev–Trinajstić information content (AvgIpc) is 2.76. The van der Waals surface area contributed by atoms with Crippen LogP contribution in [0.2, 0.25) is 0 Å². The second-order valence-electron chi connectivity index (χ2n) is 7.86. The first-order chi connectivity index (χ1) is 14.9. The fourth-order valence-corrected chi connectivity index (χ4v) is 3.68. The third kappa shape index (κ3) is 7.46. The van der Waals surface area contributed by atoms with Gasteiger partial charge in [0, 0.05) is 0 Å². The fourth-order valence-electron chi connectivity index (χ4n) is 3.68. The average molecular weight is 427 g/mol. The molecule has 1 nitrogen and oxygen atoms in total. The highest BCUT2D eigenvalue weighted by molar-refractivity contribution is 5.70. The summed E-state index contributed by atoms with van der Waals surface area (Å²) in [6, 6.07) is 22.7. The predicted octanol–water partition coefficient (Wildman–Crippen LogP) is 8.82. The lowest BCUT2D eigenvalue weighted by Crippen LogP contribution is -2.16. The third-order valence-corrected chi connectivity index (χ3v) is 5.41. The molecule has 0 amide bonds. The van der Waals surface area contributed by atoms with E-state index in [0.29, 0.717) is 0 Å². The van der Waals surface area contributed by atoms with Crippen LogP contribution < -0.4 is 4.74 Å². The highest BCUT2D eigenvalue weighted by Crippen LogP contribution is 2.28. The van der Waals surface area contributed by atoms with Gasteiger partial charge in [0.15, 0.2) is 0 Å². The topological polar surface area (TPSA) is 9.23 Å². The smallest absolute Gasteiger partial charge is 0.406 e. The molecule has 0 atom stereocenters. The highest BCUT2D eigenvalue weighted by atomic mass is 19.4. The van der Waals surface area contributed by atoms with Crippen molar-refractivity contribution in [1.29, 1.82) is 0 Å². The number of unbranched alkanes of at least 4 members (excludes halogenated alkanes) is 5. The molecule has 0 N–H and O–H groups in total. The molecule has 0 bridgehead atoms. The van der Waals surface area contributed by atoms with Crippen molar-refractivity contribution >= 4 is 0 Å². The summed E-state index contributed by atoms with van der Waals surface area (Å²) in [5.74, 6) is -0.214. The monoisotopic (exact) mass is 426 g/mol. The molecule has 0 unspecified atom stereocenters. The zero-order valence-electron chi connectivity index (χ0n) is 17.9. The normalized spacial score (nSPS) is 11.5. The van der Waals surface area contributed by atoms with Crippen LogP contribution in [0.5, 0.6) is 5.75 Å². The molecule has 3 aromatic rings. The fraction of sp³-hybridized carbons (Fsp3) is 0.333. The van der Waals surface area contributed by atoms with Gasteiger partial charge in [-0.2, -0.15) is 0 Å². The molecular weight excluding hydrogens is 397 g/mol. The number of ether oxygens (including phenoxy) is 1. The van der Waals surface area contributed by atoms with Gasteiger partial charge in [-0.15, -0.1) is 13.2 Å². The van der Waals surface area contributed by atoms with Crippen LogP contribution in [-0.2, 0) is 6.42 Å². The zero-order valence-corrected chi connectivity index (χ0v) is 17.9. The van der Waals surface area contributed by atoms with Gasteiger partial charge < -0.3 is 4.74 Å². The molecule has 31 heavy (non-hydrogen) atoms. The van der Waals surface area contributed by atoms with Crippen molar-refractivity contribution in [3.8, 4) is 28.0 Å². The van der Waals surface area contributed by atoms with Gasteiger partial charge in [0.25, 0.3) is 0 Å². The van der Waals surface area contributed by atoms with E-state index in [9.17, 15) is 13.2 Å². The van der Waals surface area contributed by atoms with E-state index in [0.717, 1.165) is 28.7 Å². The second kappa shape index (κ2) is 11.0. The number of rotatable bonds is 10. The standard InChI is InChI=1S/C27H29F3O/c1-2-3-4-5-6-7-8-21-9-11-22(12-10-21)23-13-15-24(16-14-23)25-17-19-26(20-18-25)31-27(28,29)30/h9-20H,2-8H2,1H3. The minimum absolute atomic E-state index is 0.214. The van der Waals surface area contributed by atoms with Gasteiger partial charge in [0.2, 0.25) is 0 Å². The number of hydrogen-bond donors (Lipinski definition) is 0. The summed E-state index contributed by atoms with van der Waals surface area (Å²) in [7, 11) is 0. The number of benzene rings is 3. The van der Waals surface area contributed by atoms with Crippen molar-refractivity contribution in [3.63, 3.8) is 0 Å². The maximum absolute atomic E-state index is 12.3. The van der Waals surface area contributed by atoms with Crippen molar-refractivity contribution in [2.24, 2.45) is 0 Å². The molecule has 0 fully saturated rings. The lowest BCUT2D eigenvalue weighted by molar-refractivity contribution is -0.274. The van der Waals surface area contributed by atoms with Crippen LogP contribution >= 0.6 is 0 Å². The van der Waals surface area contributed by atoms with Crippen LogP contribution in [0.25, 0.3) is 22.3 Å². The van der Waals surface area contributed by atoms with Gasteiger partial charge in [-0.05, 0) is 52.8 Å². The van der Waals surface area contributed by atoms with Crippen molar-refractivity contribution in [2.75, 3.05) is 0 Å². The van der Waals surface area contributed by atoms with E-state index < -0.39 is 6.36 Å². The van der Waals surface area contributed by atoms with Crippen molar-refractivity contribution in [3.05, 3.63) is 78.4 Å². The van der Waals surface area contributed by atoms with Gasteiger partial charge in [0.05, 0.1) is 0 Å². The Balaban J connectivity index is 1.56. The summed E-state index contributed by atoms with van der Waals surface area (Å²) in [5.41, 5.74) is 5.44. The number of halogens is 3. The molecule has 0 heterocycles. The maximum Gasteiger partial charge on any atom is 0.573 e. The Morgan fingerprint density at radius 2 is 1.00 bits per heavy atom. The van der Waals surface area contributed by atoms with E-state index in [4.69, 9.17) is 0 Å². The summed E-state index contributed by atoms with van der Waals surface area (Å²) >= 11 is 0. The molecular formula is C27H29F3O. The molecule has 0 saturated heterocycles. The summed E-state index contributed by atoms with van der Waals surface area (Å²) in [5, 5.41) is 0. The zero-order chi connectivity index (χ0) is 22.1. The molecule has 0 radical (unpaired) electrons. The minimum Gasteiger partial charge on any atom is -0.406 e. The lowest BCUT2D eigenvalue weighted by Gasteiger charge is -2.10. The maximum atomic E-state index is 12.3. The summed E-state index contributed by atoms with van der Waals surface area (Å²) in [6.45, 7) is 2.24. The molecule has 0 aliphatic heterocycles. The van der Waals surface area contributed by atoms with Crippen LogP contribution in [0, 0.1) is 0 Å². The summed E-state index contributed by atoms with van der Waals surface area (Å²) in [6.07, 6.45) is 4.29. The van der Waals surface area contributed by atoms with Crippen molar-refractivity contribution < 1.29 is 17.9 Å². The van der Waals surface area contributed by atoms with Crippen LogP contribution in [0.4, 0.5) is 13.2 Å². The van der Waals surface area contributed by atoms with Gasteiger partial charge in [-0.25, -0.2) is 0 Å². The van der Waals surface area contributed by atoms with Gasteiger partial charge >= 0.3 is 6.36 Å². The first-order valence-corrected chi connectivity index (χ1v) is 11.0.